The van der Waals surface area contributed by atoms with E-state index in [9.17, 15) is 26.0 Å². The number of benzene rings is 1. The molecule has 7 heteroatoms. The van der Waals surface area contributed by atoms with Crippen LogP contribution in [0.4, 0.5) is 17.6 Å². The Morgan fingerprint density at radius 2 is 1.81 bits per heavy atom. The van der Waals surface area contributed by atoms with Crippen molar-refractivity contribution in [3.63, 3.8) is 0 Å². The first-order valence-corrected chi connectivity index (χ1v) is 5.96. The molecule has 0 fully saturated rings. The molecule has 0 saturated heterocycles. The van der Waals surface area contributed by atoms with Crippen LogP contribution in [0.1, 0.15) is 11.1 Å². The largest absolute Gasteiger partial charge is 0.416 e. The number of hydrogen-bond donors (Lipinski definition) is 0. The van der Waals surface area contributed by atoms with Crippen molar-refractivity contribution in [1.82, 2.24) is 0 Å². The summed E-state index contributed by atoms with van der Waals surface area (Å²) in [6.45, 7) is 0. The van der Waals surface area contributed by atoms with Crippen LogP contribution in [-0.4, -0.2) is 14.7 Å². The molecule has 1 aromatic carbocycles. The van der Waals surface area contributed by atoms with Crippen LogP contribution in [0.15, 0.2) is 18.2 Å². The molecular formula is C9H7F4O2S. The summed E-state index contributed by atoms with van der Waals surface area (Å²) in [6, 6.07) is 1.59. The summed E-state index contributed by atoms with van der Waals surface area (Å²) < 4.78 is 71.4. The second-order valence-corrected chi connectivity index (χ2v) is 5.08. The van der Waals surface area contributed by atoms with Gasteiger partial charge in [-0.25, -0.2) is 12.8 Å². The third-order valence-electron chi connectivity index (χ3n) is 1.66. The monoisotopic (exact) mass is 255 g/mol. The van der Waals surface area contributed by atoms with Gasteiger partial charge in [-0.15, -0.1) is 0 Å². The fourth-order valence-corrected chi connectivity index (χ4v) is 1.68. The Kier molecular flexibility index (Phi) is 3.27. The predicted octanol–water partition coefficient (Wildman–Crippen LogP) is 2.40. The van der Waals surface area contributed by atoms with Crippen LogP contribution in [0, 0.1) is 11.6 Å². The van der Waals surface area contributed by atoms with Crippen LogP contribution in [0.25, 0.3) is 0 Å². The summed E-state index contributed by atoms with van der Waals surface area (Å²) in [5, 5.41) is 0. The zero-order valence-corrected chi connectivity index (χ0v) is 8.86. The minimum Gasteiger partial charge on any atom is -0.228 e. The molecule has 1 radical (unpaired) electrons. The topological polar surface area (TPSA) is 34.1 Å². The first kappa shape index (κ1) is 13.0. The van der Waals surface area contributed by atoms with E-state index in [0.29, 0.717) is 24.0 Å². The molecule has 1 rings (SSSR count). The molecule has 0 amide bonds. The number of rotatable bonds is 2. The molecule has 1 aromatic rings. The zero-order valence-electron chi connectivity index (χ0n) is 8.05. The van der Waals surface area contributed by atoms with E-state index in [4.69, 9.17) is 0 Å². The SMILES string of the molecule is CS(=O)(=O)[CH]c1cc(C(F)(F)F)ccc1F. The Bertz CT molecular complexity index is 491. The quantitative estimate of drug-likeness (QED) is 0.760. The molecule has 0 aliphatic heterocycles. The van der Waals surface area contributed by atoms with Crippen LogP contribution < -0.4 is 0 Å². The van der Waals surface area contributed by atoms with Crippen molar-refractivity contribution < 1.29 is 26.0 Å². The van der Waals surface area contributed by atoms with Gasteiger partial charge in [0, 0.05) is 11.8 Å². The summed E-state index contributed by atoms with van der Waals surface area (Å²) >= 11 is 0. The van der Waals surface area contributed by atoms with Gasteiger partial charge in [0.1, 0.15) is 11.6 Å². The lowest BCUT2D eigenvalue weighted by Gasteiger charge is -2.08. The van der Waals surface area contributed by atoms with Crippen molar-refractivity contribution >= 4 is 9.84 Å². The van der Waals surface area contributed by atoms with Crippen LogP contribution in [-0.2, 0) is 16.0 Å². The van der Waals surface area contributed by atoms with E-state index in [1.807, 2.05) is 0 Å². The van der Waals surface area contributed by atoms with Gasteiger partial charge in [0.15, 0.2) is 9.84 Å². The van der Waals surface area contributed by atoms with Gasteiger partial charge in [0.05, 0.1) is 5.56 Å². The normalized spacial score (nSPS) is 12.8. The average Bonchev–Trinajstić information content (AvgIpc) is 2.04. The molecule has 0 bridgehead atoms. The van der Waals surface area contributed by atoms with Gasteiger partial charge in [-0.05, 0) is 18.2 Å². The fraction of sp³-hybridized carbons (Fsp3) is 0.222. The highest BCUT2D eigenvalue weighted by atomic mass is 32.2. The number of halogens is 4. The van der Waals surface area contributed by atoms with Crippen molar-refractivity contribution in [1.29, 1.82) is 0 Å². The van der Waals surface area contributed by atoms with Crippen molar-refractivity contribution in [2.24, 2.45) is 0 Å². The molecule has 0 spiro atoms. The van der Waals surface area contributed by atoms with E-state index in [-0.39, 0.29) is 0 Å². The lowest BCUT2D eigenvalue weighted by atomic mass is 10.1. The lowest BCUT2D eigenvalue weighted by molar-refractivity contribution is -0.137. The second-order valence-electron chi connectivity index (χ2n) is 3.18. The summed E-state index contributed by atoms with van der Waals surface area (Å²) in [7, 11) is -3.69. The van der Waals surface area contributed by atoms with Gasteiger partial charge >= 0.3 is 6.18 Å². The molecule has 16 heavy (non-hydrogen) atoms. The van der Waals surface area contributed by atoms with Crippen LogP contribution in [0.3, 0.4) is 0 Å². The smallest absolute Gasteiger partial charge is 0.228 e. The first-order chi connectivity index (χ1) is 7.09. The van der Waals surface area contributed by atoms with Gasteiger partial charge in [-0.1, -0.05) is 0 Å². The molecule has 0 aliphatic rings. The average molecular weight is 255 g/mol. The maximum atomic E-state index is 13.0. The van der Waals surface area contributed by atoms with E-state index in [2.05, 4.69) is 0 Å². The number of sulfone groups is 1. The molecular weight excluding hydrogens is 248 g/mol. The molecule has 0 atom stereocenters. The van der Waals surface area contributed by atoms with E-state index in [1.54, 1.807) is 0 Å². The highest BCUT2D eigenvalue weighted by Gasteiger charge is 2.31. The fourth-order valence-electron chi connectivity index (χ4n) is 1.04. The van der Waals surface area contributed by atoms with Crippen LogP contribution in [0.2, 0.25) is 0 Å². The Labute approximate surface area is 89.8 Å². The van der Waals surface area contributed by atoms with Crippen molar-refractivity contribution in [3.05, 3.63) is 40.9 Å². The summed E-state index contributed by atoms with van der Waals surface area (Å²) in [5.74, 6) is -0.559. The lowest BCUT2D eigenvalue weighted by Crippen LogP contribution is -2.07. The Balaban J connectivity index is 3.20. The van der Waals surface area contributed by atoms with Crippen molar-refractivity contribution in [2.45, 2.75) is 6.18 Å². The molecule has 0 saturated carbocycles. The number of alkyl halides is 3. The molecule has 0 N–H and O–H groups in total. The molecule has 0 aromatic heterocycles. The molecule has 0 unspecified atom stereocenters. The van der Waals surface area contributed by atoms with Crippen LogP contribution in [0.5, 0.6) is 0 Å². The maximum Gasteiger partial charge on any atom is 0.416 e. The zero-order chi connectivity index (χ0) is 12.6. The maximum absolute atomic E-state index is 13.0. The van der Waals surface area contributed by atoms with Gasteiger partial charge in [0.25, 0.3) is 0 Å². The second kappa shape index (κ2) is 4.04. The Morgan fingerprint density at radius 1 is 1.25 bits per heavy atom. The van der Waals surface area contributed by atoms with Crippen LogP contribution >= 0.6 is 0 Å². The number of hydrogen-bond acceptors (Lipinski definition) is 2. The molecule has 0 aliphatic carbocycles. The van der Waals surface area contributed by atoms with Crippen molar-refractivity contribution in [2.75, 3.05) is 6.26 Å². The Morgan fingerprint density at radius 3 is 2.25 bits per heavy atom. The highest BCUT2D eigenvalue weighted by Crippen LogP contribution is 2.30. The van der Waals surface area contributed by atoms with E-state index in [0.717, 1.165) is 6.26 Å². The summed E-state index contributed by atoms with van der Waals surface area (Å²) in [6.07, 6.45) is -3.86. The first-order valence-electron chi connectivity index (χ1n) is 4.01. The molecule has 89 valence electrons. The summed E-state index contributed by atoms with van der Waals surface area (Å²) in [4.78, 5) is 0. The minimum absolute atomic E-state index is 0.455. The Hall–Kier alpha value is -1.11. The van der Waals surface area contributed by atoms with Crippen molar-refractivity contribution in [3.8, 4) is 0 Å². The summed E-state index contributed by atoms with van der Waals surface area (Å²) in [5.41, 5.74) is -1.69. The standard InChI is InChI=1S/C9H7F4O2S/c1-16(14,15)5-6-4-7(9(11,12)13)2-3-8(6)10/h2-5H,1H3. The van der Waals surface area contributed by atoms with Gasteiger partial charge in [-0.3, -0.25) is 0 Å². The van der Waals surface area contributed by atoms with E-state index >= 15 is 0 Å². The minimum atomic E-state index is -4.63. The third-order valence-corrected chi connectivity index (χ3v) is 2.35. The highest BCUT2D eigenvalue weighted by molar-refractivity contribution is 7.92. The van der Waals surface area contributed by atoms with E-state index < -0.39 is 33.0 Å². The van der Waals surface area contributed by atoms with Gasteiger partial charge in [0.2, 0.25) is 0 Å². The van der Waals surface area contributed by atoms with Gasteiger partial charge < -0.3 is 0 Å². The molecule has 2 nitrogen and oxygen atoms in total. The molecule has 0 heterocycles. The predicted molar refractivity (Wildman–Crippen MR) is 49.6 cm³/mol. The van der Waals surface area contributed by atoms with Gasteiger partial charge in [-0.2, -0.15) is 13.2 Å². The third kappa shape index (κ3) is 3.48. The van der Waals surface area contributed by atoms with E-state index in [1.165, 1.54) is 0 Å².